The van der Waals surface area contributed by atoms with Crippen molar-refractivity contribution in [3.63, 3.8) is 0 Å². The minimum atomic E-state index is 0.444. The molecule has 0 N–H and O–H groups in total. The average molecular weight is 157 g/mol. The molecule has 0 saturated carbocycles. The fraction of sp³-hybridized carbons (Fsp3) is 0.875. The third kappa shape index (κ3) is 1.54. The van der Waals surface area contributed by atoms with E-state index in [9.17, 15) is 0 Å². The van der Waals surface area contributed by atoms with Crippen molar-refractivity contribution >= 4 is 17.3 Å². The molecule has 0 amide bonds. The summed E-state index contributed by atoms with van der Waals surface area (Å²) in [6, 6.07) is 0. The van der Waals surface area contributed by atoms with Gasteiger partial charge >= 0.3 is 0 Å². The normalized spacial score (nSPS) is 33.2. The van der Waals surface area contributed by atoms with E-state index in [-0.39, 0.29) is 0 Å². The predicted molar refractivity (Wildman–Crippen MR) is 48.8 cm³/mol. The van der Waals surface area contributed by atoms with Crippen LogP contribution in [0.15, 0.2) is 4.99 Å². The summed E-state index contributed by atoms with van der Waals surface area (Å²) in [5.74, 6) is 1.98. The van der Waals surface area contributed by atoms with Crippen LogP contribution >= 0.6 is 11.8 Å². The molecule has 1 nitrogen and oxygen atoms in total. The van der Waals surface area contributed by atoms with Crippen LogP contribution in [-0.4, -0.2) is 17.8 Å². The summed E-state index contributed by atoms with van der Waals surface area (Å²) in [5, 5.41) is 0. The number of nitrogens with zero attached hydrogens (tertiary/aromatic N) is 1. The lowest BCUT2D eigenvalue weighted by Gasteiger charge is -2.33. The highest BCUT2D eigenvalue weighted by Gasteiger charge is 2.29. The lowest BCUT2D eigenvalue weighted by Crippen LogP contribution is -2.31. The lowest BCUT2D eigenvalue weighted by molar-refractivity contribution is 0.269. The molecule has 58 valence electrons. The smallest absolute Gasteiger partial charge is 0.0541 e. The van der Waals surface area contributed by atoms with Gasteiger partial charge in [-0.25, -0.2) is 0 Å². The predicted octanol–water partition coefficient (Wildman–Crippen LogP) is 2.42. The maximum atomic E-state index is 4.29. The number of rotatable bonds is 1. The first-order valence-electron chi connectivity index (χ1n) is 3.75. The molecule has 0 bridgehead atoms. The molecule has 1 unspecified atom stereocenters. The Bertz CT molecular complexity index is 142. The molecule has 0 radical (unpaired) electrons. The number of hydrogen-bond donors (Lipinski definition) is 0. The molecule has 1 atom stereocenters. The van der Waals surface area contributed by atoms with Gasteiger partial charge < -0.3 is 0 Å². The molecule has 0 aromatic carbocycles. The number of aliphatic imine (C=N–C) groups is 1. The molecule has 0 aromatic rings. The highest BCUT2D eigenvalue weighted by molar-refractivity contribution is 8.12. The second-order valence-corrected chi connectivity index (χ2v) is 4.40. The first-order valence-corrected chi connectivity index (χ1v) is 4.80. The Morgan fingerprint density at radius 1 is 1.60 bits per heavy atom. The molecular weight excluding hydrogens is 142 g/mol. The maximum Gasteiger partial charge on any atom is 0.0541 e. The first-order chi connectivity index (χ1) is 4.65. The van der Waals surface area contributed by atoms with Gasteiger partial charge in [-0.05, 0) is 11.3 Å². The van der Waals surface area contributed by atoms with Gasteiger partial charge in [0, 0.05) is 12.3 Å². The van der Waals surface area contributed by atoms with Gasteiger partial charge in [-0.2, -0.15) is 0 Å². The Kier molecular flexibility index (Phi) is 2.40. The Morgan fingerprint density at radius 3 is 2.60 bits per heavy atom. The molecule has 0 spiro atoms. The highest BCUT2D eigenvalue weighted by Crippen LogP contribution is 2.33. The molecule has 1 rings (SSSR count). The fourth-order valence-corrected chi connectivity index (χ4v) is 1.98. The van der Waals surface area contributed by atoms with Crippen LogP contribution in [0, 0.1) is 11.3 Å². The molecule has 0 aromatic heterocycles. The van der Waals surface area contributed by atoms with Crippen molar-refractivity contribution < 1.29 is 0 Å². The zero-order valence-electron chi connectivity index (χ0n) is 6.92. The number of thioether (sulfide) groups is 1. The zero-order chi connectivity index (χ0) is 7.61. The molecule has 2 heteroatoms. The summed E-state index contributed by atoms with van der Waals surface area (Å²) in [7, 11) is 0. The van der Waals surface area contributed by atoms with Crippen molar-refractivity contribution in [2.75, 3.05) is 12.3 Å². The van der Waals surface area contributed by atoms with Crippen LogP contribution < -0.4 is 0 Å². The Hall–Kier alpha value is 0.0200. The SMILES string of the molecule is CC(C)C1(C)CN=CSC1. The van der Waals surface area contributed by atoms with Crippen LogP contribution in [0.25, 0.3) is 0 Å². The van der Waals surface area contributed by atoms with Crippen molar-refractivity contribution in [1.82, 2.24) is 0 Å². The van der Waals surface area contributed by atoms with E-state index >= 15 is 0 Å². The van der Waals surface area contributed by atoms with E-state index in [2.05, 4.69) is 25.8 Å². The van der Waals surface area contributed by atoms with E-state index in [0.717, 1.165) is 12.5 Å². The molecule has 1 aliphatic rings. The van der Waals surface area contributed by atoms with Crippen LogP contribution in [0.3, 0.4) is 0 Å². The van der Waals surface area contributed by atoms with Gasteiger partial charge in [0.25, 0.3) is 0 Å². The summed E-state index contributed by atoms with van der Waals surface area (Å²) >= 11 is 1.84. The Balaban J connectivity index is 2.59. The standard InChI is InChI=1S/C8H15NS/c1-7(2)8(3)4-9-6-10-5-8/h6-7H,4-5H2,1-3H3. The van der Waals surface area contributed by atoms with Crippen LogP contribution in [0.4, 0.5) is 0 Å². The third-order valence-electron chi connectivity index (χ3n) is 2.41. The van der Waals surface area contributed by atoms with Crippen molar-refractivity contribution in [2.45, 2.75) is 20.8 Å². The Morgan fingerprint density at radius 2 is 2.30 bits per heavy atom. The van der Waals surface area contributed by atoms with E-state index in [1.165, 1.54) is 5.75 Å². The van der Waals surface area contributed by atoms with Crippen LogP contribution in [0.1, 0.15) is 20.8 Å². The van der Waals surface area contributed by atoms with Gasteiger partial charge in [0.1, 0.15) is 0 Å². The first kappa shape index (κ1) is 8.12. The van der Waals surface area contributed by atoms with Gasteiger partial charge in [0.05, 0.1) is 5.55 Å². The minimum Gasteiger partial charge on any atom is -0.286 e. The van der Waals surface area contributed by atoms with Crippen LogP contribution in [0.5, 0.6) is 0 Å². The second kappa shape index (κ2) is 2.95. The van der Waals surface area contributed by atoms with Crippen molar-refractivity contribution in [1.29, 1.82) is 0 Å². The maximum absolute atomic E-state index is 4.29. The average Bonchev–Trinajstić information content (AvgIpc) is 1.89. The second-order valence-electron chi connectivity index (χ2n) is 3.57. The fourth-order valence-electron chi connectivity index (χ4n) is 0.921. The lowest BCUT2D eigenvalue weighted by atomic mass is 9.81. The van der Waals surface area contributed by atoms with Crippen molar-refractivity contribution in [3.05, 3.63) is 0 Å². The summed E-state index contributed by atoms with van der Waals surface area (Å²) in [4.78, 5) is 4.29. The summed E-state index contributed by atoms with van der Waals surface area (Å²) in [5.41, 5.74) is 2.42. The monoisotopic (exact) mass is 157 g/mol. The molecular formula is C8H15NS. The van der Waals surface area contributed by atoms with Gasteiger partial charge in [-0.3, -0.25) is 4.99 Å². The van der Waals surface area contributed by atoms with Gasteiger partial charge in [0.15, 0.2) is 0 Å². The van der Waals surface area contributed by atoms with Gasteiger partial charge in [0.2, 0.25) is 0 Å². The van der Waals surface area contributed by atoms with Crippen molar-refractivity contribution in [3.8, 4) is 0 Å². The highest BCUT2D eigenvalue weighted by atomic mass is 32.2. The largest absolute Gasteiger partial charge is 0.286 e. The molecule has 0 aliphatic carbocycles. The van der Waals surface area contributed by atoms with Gasteiger partial charge in [-0.15, -0.1) is 11.8 Å². The summed E-state index contributed by atoms with van der Waals surface area (Å²) in [6.45, 7) is 7.89. The quantitative estimate of drug-likeness (QED) is 0.569. The Labute approximate surface area is 67.3 Å². The van der Waals surface area contributed by atoms with Crippen molar-refractivity contribution in [2.24, 2.45) is 16.3 Å². The molecule has 1 aliphatic heterocycles. The van der Waals surface area contributed by atoms with E-state index < -0.39 is 0 Å². The topological polar surface area (TPSA) is 12.4 Å². The van der Waals surface area contributed by atoms with Crippen LogP contribution in [0.2, 0.25) is 0 Å². The molecule has 10 heavy (non-hydrogen) atoms. The van der Waals surface area contributed by atoms with E-state index in [0.29, 0.717) is 5.41 Å². The molecule has 0 fully saturated rings. The van der Waals surface area contributed by atoms with E-state index in [4.69, 9.17) is 0 Å². The molecule has 1 heterocycles. The van der Waals surface area contributed by atoms with E-state index in [1.54, 1.807) is 0 Å². The minimum absolute atomic E-state index is 0.444. The van der Waals surface area contributed by atoms with E-state index in [1.807, 2.05) is 17.3 Å². The third-order valence-corrected chi connectivity index (χ3v) is 3.53. The van der Waals surface area contributed by atoms with Crippen LogP contribution in [-0.2, 0) is 0 Å². The number of hydrogen-bond acceptors (Lipinski definition) is 2. The zero-order valence-corrected chi connectivity index (χ0v) is 7.74. The van der Waals surface area contributed by atoms with Gasteiger partial charge in [-0.1, -0.05) is 20.8 Å². The summed E-state index contributed by atoms with van der Waals surface area (Å²) in [6.07, 6.45) is 0. The summed E-state index contributed by atoms with van der Waals surface area (Å²) < 4.78 is 0. The molecule has 0 saturated heterocycles.